The third-order valence-corrected chi connectivity index (χ3v) is 6.90. The fourth-order valence-electron chi connectivity index (χ4n) is 4.75. The van der Waals surface area contributed by atoms with Gasteiger partial charge in [-0.1, -0.05) is 6.07 Å². The number of aliphatic imine (C=N–C) groups is 1. The molecule has 0 saturated carbocycles. The smallest absolute Gasteiger partial charge is 0.357 e. The van der Waals surface area contributed by atoms with E-state index >= 15 is 0 Å². The van der Waals surface area contributed by atoms with Crippen LogP contribution in [0, 0.1) is 6.92 Å². The largest absolute Gasteiger partial charge is 0.416 e. The molecule has 0 aliphatic carbocycles. The van der Waals surface area contributed by atoms with Crippen molar-refractivity contribution < 1.29 is 23.1 Å². The fourth-order valence-corrected chi connectivity index (χ4v) is 4.75. The Morgan fingerprint density at radius 1 is 1.18 bits per heavy atom. The summed E-state index contributed by atoms with van der Waals surface area (Å²) in [4.78, 5) is 31.1. The third-order valence-electron chi connectivity index (χ3n) is 6.90. The highest BCUT2D eigenvalue weighted by atomic mass is 19.4. The molecule has 3 heterocycles. The minimum Gasteiger partial charge on any atom is -0.357 e. The molecule has 3 aromatic rings. The van der Waals surface area contributed by atoms with E-state index in [4.69, 9.17) is 0 Å². The Hall–Kier alpha value is -4.39. The maximum absolute atomic E-state index is 13.7. The number of aryl methyl sites for hydroxylation is 1. The summed E-state index contributed by atoms with van der Waals surface area (Å²) in [6.07, 6.45) is -2.53. The molecule has 1 amide bonds. The zero-order valence-corrected chi connectivity index (χ0v) is 22.4. The van der Waals surface area contributed by atoms with Crippen LogP contribution in [0.3, 0.4) is 0 Å². The molecule has 0 saturated heterocycles. The van der Waals surface area contributed by atoms with Crippen LogP contribution >= 0.6 is 0 Å². The number of benzene rings is 2. The van der Waals surface area contributed by atoms with Crippen molar-refractivity contribution in [2.75, 3.05) is 46.0 Å². The number of aliphatic hydroxyl groups excluding tert-OH is 1. The second kappa shape index (κ2) is 10.3. The Morgan fingerprint density at radius 3 is 2.62 bits per heavy atom. The Morgan fingerprint density at radius 2 is 1.95 bits per heavy atom. The monoisotopic (exact) mass is 554 g/mol. The van der Waals surface area contributed by atoms with Gasteiger partial charge in [0.25, 0.3) is 5.91 Å². The van der Waals surface area contributed by atoms with E-state index in [9.17, 15) is 23.1 Å². The lowest BCUT2D eigenvalue weighted by Gasteiger charge is -2.41. The lowest BCUT2D eigenvalue weighted by atomic mass is 10.1. The lowest BCUT2D eigenvalue weighted by Crippen LogP contribution is -2.51. The van der Waals surface area contributed by atoms with E-state index in [0.717, 1.165) is 23.3 Å². The molecule has 0 fully saturated rings. The van der Waals surface area contributed by atoms with Crippen LogP contribution in [0.4, 0.5) is 42.0 Å². The molecule has 210 valence electrons. The SMILES string of the molecule is CNc1ncc2c(n1)N(C)C(O)N(c1cc(NC(=O)c3cc(N4C=NC(C)C4)cc(C(F)(F)F)c3)ccc1C)C2. The van der Waals surface area contributed by atoms with Crippen molar-refractivity contribution in [2.24, 2.45) is 4.99 Å². The summed E-state index contributed by atoms with van der Waals surface area (Å²) in [5.41, 5.74) is 1.79. The van der Waals surface area contributed by atoms with Gasteiger partial charge in [0.05, 0.1) is 24.5 Å². The Bertz CT molecular complexity index is 1480. The number of nitrogens with one attached hydrogen (secondary N) is 2. The van der Waals surface area contributed by atoms with Crippen LogP contribution < -0.4 is 25.3 Å². The molecule has 10 nitrogen and oxygen atoms in total. The quantitative estimate of drug-likeness (QED) is 0.433. The van der Waals surface area contributed by atoms with Gasteiger partial charge in [-0.05, 0) is 49.7 Å². The Labute approximate surface area is 229 Å². The number of hydrogen-bond acceptors (Lipinski definition) is 9. The summed E-state index contributed by atoms with van der Waals surface area (Å²) in [5, 5.41) is 16.7. The zero-order chi connectivity index (χ0) is 28.8. The van der Waals surface area contributed by atoms with Crippen molar-refractivity contribution in [1.29, 1.82) is 0 Å². The van der Waals surface area contributed by atoms with Gasteiger partial charge in [-0.3, -0.25) is 9.79 Å². The summed E-state index contributed by atoms with van der Waals surface area (Å²) >= 11 is 0. The molecule has 2 aliphatic rings. The molecule has 0 spiro atoms. The van der Waals surface area contributed by atoms with Gasteiger partial charge in [-0.15, -0.1) is 0 Å². The van der Waals surface area contributed by atoms with Crippen molar-refractivity contribution >= 4 is 41.1 Å². The van der Waals surface area contributed by atoms with Gasteiger partial charge in [0.2, 0.25) is 12.3 Å². The summed E-state index contributed by atoms with van der Waals surface area (Å²) in [6, 6.07) is 8.32. The predicted octanol–water partition coefficient (Wildman–Crippen LogP) is 4.07. The molecule has 13 heteroatoms. The highest BCUT2D eigenvalue weighted by Crippen LogP contribution is 2.36. The third kappa shape index (κ3) is 5.24. The van der Waals surface area contributed by atoms with Crippen molar-refractivity contribution in [3.63, 3.8) is 0 Å². The zero-order valence-electron chi connectivity index (χ0n) is 22.4. The van der Waals surface area contributed by atoms with Gasteiger partial charge >= 0.3 is 6.18 Å². The molecule has 0 bridgehead atoms. The fraction of sp³-hybridized carbons (Fsp3) is 0.333. The first-order chi connectivity index (χ1) is 18.9. The van der Waals surface area contributed by atoms with Gasteiger partial charge < -0.3 is 30.4 Å². The molecule has 2 unspecified atom stereocenters. The van der Waals surface area contributed by atoms with Crippen LogP contribution in [0.1, 0.15) is 34.0 Å². The minimum absolute atomic E-state index is 0.0640. The van der Waals surface area contributed by atoms with Crippen molar-refractivity contribution in [3.8, 4) is 0 Å². The standard InChI is InChI=1S/C27H29F3N8O2/c1-15-5-6-20(10-22(15)38-13-18-11-32-25(31-3)35-23(18)36(4)26(38)40)34-24(39)17-7-19(27(28,29)30)9-21(8-17)37-12-16(2)33-14-37/h5-11,14,16,26,40H,12-13H2,1-4H3,(H,34,39)(H,31,32,35). The predicted molar refractivity (Wildman–Crippen MR) is 148 cm³/mol. The summed E-state index contributed by atoms with van der Waals surface area (Å²) in [5.74, 6) is 0.320. The average Bonchev–Trinajstić information content (AvgIpc) is 3.37. The van der Waals surface area contributed by atoms with Crippen LogP contribution in [0.2, 0.25) is 0 Å². The summed E-state index contributed by atoms with van der Waals surface area (Å²) in [7, 11) is 3.41. The molecule has 0 radical (unpaired) electrons. The van der Waals surface area contributed by atoms with Crippen molar-refractivity contribution in [2.45, 2.75) is 39.0 Å². The van der Waals surface area contributed by atoms with Crippen LogP contribution in [0.5, 0.6) is 0 Å². The van der Waals surface area contributed by atoms with E-state index in [2.05, 4.69) is 25.6 Å². The minimum atomic E-state index is -4.63. The molecule has 2 aromatic carbocycles. The topological polar surface area (TPSA) is 109 Å². The van der Waals surface area contributed by atoms with Gasteiger partial charge in [0.15, 0.2) is 0 Å². The normalized spacial score (nSPS) is 18.6. The summed E-state index contributed by atoms with van der Waals surface area (Å²) in [6.45, 7) is 4.44. The van der Waals surface area contributed by atoms with Crippen molar-refractivity contribution in [1.82, 2.24) is 9.97 Å². The number of anilines is 5. The van der Waals surface area contributed by atoms with E-state index in [1.807, 2.05) is 13.8 Å². The molecule has 2 aliphatic heterocycles. The molecule has 3 N–H and O–H groups in total. The molecular weight excluding hydrogens is 525 g/mol. The van der Waals surface area contributed by atoms with Crippen LogP contribution in [-0.4, -0.2) is 60.4 Å². The van der Waals surface area contributed by atoms with Gasteiger partial charge in [0, 0.05) is 55.0 Å². The maximum Gasteiger partial charge on any atom is 0.416 e. The van der Waals surface area contributed by atoms with Crippen LogP contribution in [-0.2, 0) is 12.7 Å². The van der Waals surface area contributed by atoms with Crippen LogP contribution in [0.25, 0.3) is 0 Å². The molecule has 5 rings (SSSR count). The molecule has 2 atom stereocenters. The number of carbonyl (C=O) groups is 1. The van der Waals surface area contributed by atoms with E-state index < -0.39 is 24.0 Å². The number of fused-ring (bicyclic) bond motifs is 1. The van der Waals surface area contributed by atoms with Gasteiger partial charge in [-0.25, -0.2) is 4.98 Å². The van der Waals surface area contributed by atoms with E-state index in [1.165, 1.54) is 12.4 Å². The van der Waals surface area contributed by atoms with Crippen LogP contribution in [0.15, 0.2) is 47.6 Å². The van der Waals surface area contributed by atoms with E-state index in [-0.39, 0.29) is 17.3 Å². The second-order valence-electron chi connectivity index (χ2n) is 9.87. The maximum atomic E-state index is 13.7. The first-order valence-electron chi connectivity index (χ1n) is 12.6. The number of halogens is 3. The average molecular weight is 555 g/mol. The number of rotatable bonds is 5. The molecule has 1 aromatic heterocycles. The highest BCUT2D eigenvalue weighted by Gasteiger charge is 2.34. The van der Waals surface area contributed by atoms with Gasteiger partial charge in [0.1, 0.15) is 5.82 Å². The van der Waals surface area contributed by atoms with E-state index in [0.29, 0.717) is 36.2 Å². The molecular formula is C27H29F3N8O2. The second-order valence-corrected chi connectivity index (χ2v) is 9.87. The summed E-state index contributed by atoms with van der Waals surface area (Å²) < 4.78 is 41.1. The number of aromatic nitrogens is 2. The Kier molecular flexibility index (Phi) is 7.00. The highest BCUT2D eigenvalue weighted by molar-refractivity contribution is 6.05. The first kappa shape index (κ1) is 27.2. The first-order valence-corrected chi connectivity index (χ1v) is 12.6. The number of hydrogen-bond donors (Lipinski definition) is 3. The number of nitrogens with zero attached hydrogens (tertiary/aromatic N) is 6. The van der Waals surface area contributed by atoms with Gasteiger partial charge in [-0.2, -0.15) is 18.2 Å². The lowest BCUT2D eigenvalue weighted by molar-refractivity contribution is -0.137. The number of carbonyl (C=O) groups excluding carboxylic acids is 1. The number of alkyl halides is 3. The van der Waals surface area contributed by atoms with Crippen molar-refractivity contribution in [3.05, 3.63) is 64.8 Å². The van der Waals surface area contributed by atoms with E-state index in [1.54, 1.807) is 53.2 Å². The number of aliphatic hydroxyl groups is 1. The Balaban J connectivity index is 1.43. The number of amides is 1. The molecule has 40 heavy (non-hydrogen) atoms.